The summed E-state index contributed by atoms with van der Waals surface area (Å²) in [5, 5.41) is 9.25. The quantitative estimate of drug-likeness (QED) is 0.835. The summed E-state index contributed by atoms with van der Waals surface area (Å²) >= 11 is 8.84. The van der Waals surface area contributed by atoms with Gasteiger partial charge in [0.25, 0.3) is 10.0 Å². The maximum absolute atomic E-state index is 12.3. The van der Waals surface area contributed by atoms with Gasteiger partial charge in [-0.1, -0.05) is 11.6 Å². The Morgan fingerprint density at radius 1 is 1.29 bits per heavy atom. The summed E-state index contributed by atoms with van der Waals surface area (Å²) in [4.78, 5) is 14.6. The zero-order valence-corrected chi connectivity index (χ0v) is 13.4. The average molecular weight is 392 g/mol. The summed E-state index contributed by atoms with van der Waals surface area (Å²) in [6.45, 7) is 0. The molecule has 0 unspecified atom stereocenters. The van der Waals surface area contributed by atoms with Crippen LogP contribution in [0.25, 0.3) is 0 Å². The molecule has 6 nitrogen and oxygen atoms in total. The number of carboxylic acid groups (broad SMARTS) is 1. The fraction of sp³-hybridized carbons (Fsp3) is 0. The van der Waals surface area contributed by atoms with Gasteiger partial charge < -0.3 is 5.11 Å². The van der Waals surface area contributed by atoms with Crippen LogP contribution in [0.5, 0.6) is 0 Å². The van der Waals surface area contributed by atoms with Crippen molar-refractivity contribution in [2.24, 2.45) is 0 Å². The van der Waals surface area contributed by atoms with Crippen molar-refractivity contribution >= 4 is 49.3 Å². The number of pyridine rings is 1. The SMILES string of the molecule is O=C(O)c1ccc(Br)c(S(=O)(=O)Nc2cc(Cl)ccn2)c1. The Kier molecular flexibility index (Phi) is 4.50. The van der Waals surface area contributed by atoms with Crippen LogP contribution in [0, 0.1) is 0 Å². The molecule has 1 aromatic carbocycles. The predicted molar refractivity (Wildman–Crippen MR) is 81.2 cm³/mol. The van der Waals surface area contributed by atoms with E-state index in [0.717, 1.165) is 6.07 Å². The van der Waals surface area contributed by atoms with Crippen molar-refractivity contribution < 1.29 is 18.3 Å². The molecule has 0 aliphatic rings. The van der Waals surface area contributed by atoms with E-state index in [-0.39, 0.29) is 20.7 Å². The Hall–Kier alpha value is -1.64. The molecule has 0 saturated heterocycles. The lowest BCUT2D eigenvalue weighted by Crippen LogP contribution is -2.15. The molecule has 0 saturated carbocycles. The van der Waals surface area contributed by atoms with E-state index >= 15 is 0 Å². The molecule has 110 valence electrons. The Balaban J connectivity index is 2.44. The number of aromatic nitrogens is 1. The summed E-state index contributed by atoms with van der Waals surface area (Å²) in [6.07, 6.45) is 1.35. The highest BCUT2D eigenvalue weighted by Gasteiger charge is 2.20. The largest absolute Gasteiger partial charge is 0.478 e. The van der Waals surface area contributed by atoms with Crippen molar-refractivity contribution in [1.82, 2.24) is 4.98 Å². The molecular formula is C12H8BrClN2O4S. The second kappa shape index (κ2) is 6.00. The van der Waals surface area contributed by atoms with Gasteiger partial charge in [-0.3, -0.25) is 4.72 Å². The lowest BCUT2D eigenvalue weighted by atomic mass is 10.2. The lowest BCUT2D eigenvalue weighted by Gasteiger charge is -2.09. The molecule has 2 rings (SSSR count). The van der Waals surface area contributed by atoms with Crippen LogP contribution in [0.15, 0.2) is 45.9 Å². The number of hydrogen-bond acceptors (Lipinski definition) is 4. The van der Waals surface area contributed by atoms with Gasteiger partial charge >= 0.3 is 5.97 Å². The smallest absolute Gasteiger partial charge is 0.335 e. The van der Waals surface area contributed by atoms with Gasteiger partial charge in [0.2, 0.25) is 0 Å². The molecule has 0 fully saturated rings. The van der Waals surface area contributed by atoms with E-state index in [4.69, 9.17) is 16.7 Å². The second-order valence-electron chi connectivity index (χ2n) is 3.92. The number of carbonyl (C=O) groups is 1. The van der Waals surface area contributed by atoms with Crippen LogP contribution in [-0.2, 0) is 10.0 Å². The zero-order valence-electron chi connectivity index (χ0n) is 10.2. The van der Waals surface area contributed by atoms with E-state index in [1.54, 1.807) is 0 Å². The molecule has 21 heavy (non-hydrogen) atoms. The van der Waals surface area contributed by atoms with Crippen LogP contribution >= 0.6 is 27.5 Å². The molecule has 0 amide bonds. The van der Waals surface area contributed by atoms with Crippen molar-refractivity contribution in [2.75, 3.05) is 4.72 Å². The molecule has 1 aromatic heterocycles. The van der Waals surface area contributed by atoms with Crippen LogP contribution in [0.2, 0.25) is 5.02 Å². The normalized spacial score (nSPS) is 11.1. The Bertz CT molecular complexity index is 811. The fourth-order valence-electron chi connectivity index (χ4n) is 1.50. The topological polar surface area (TPSA) is 96.4 Å². The minimum atomic E-state index is -4.00. The number of halogens is 2. The van der Waals surface area contributed by atoms with Crippen molar-refractivity contribution in [1.29, 1.82) is 0 Å². The van der Waals surface area contributed by atoms with E-state index in [0.29, 0.717) is 5.02 Å². The van der Waals surface area contributed by atoms with E-state index in [1.807, 2.05) is 0 Å². The van der Waals surface area contributed by atoms with Crippen molar-refractivity contribution in [3.8, 4) is 0 Å². The zero-order chi connectivity index (χ0) is 15.6. The number of aromatic carboxylic acids is 1. The summed E-state index contributed by atoms with van der Waals surface area (Å²) in [5.74, 6) is -1.19. The molecule has 2 N–H and O–H groups in total. The highest BCUT2D eigenvalue weighted by molar-refractivity contribution is 9.10. The molecule has 1 heterocycles. The minimum Gasteiger partial charge on any atom is -0.478 e. The van der Waals surface area contributed by atoms with Gasteiger partial charge in [-0.2, -0.15) is 0 Å². The van der Waals surface area contributed by atoms with Crippen molar-refractivity contribution in [3.05, 3.63) is 51.6 Å². The number of anilines is 1. The molecule has 0 spiro atoms. The number of hydrogen-bond donors (Lipinski definition) is 2. The molecule has 0 aliphatic heterocycles. The Labute approximate surface area is 134 Å². The van der Waals surface area contributed by atoms with Gasteiger partial charge in [-0.15, -0.1) is 0 Å². The van der Waals surface area contributed by atoms with Crippen LogP contribution in [0.3, 0.4) is 0 Å². The van der Waals surface area contributed by atoms with Crippen molar-refractivity contribution in [3.63, 3.8) is 0 Å². The van der Waals surface area contributed by atoms with Crippen LogP contribution in [0.1, 0.15) is 10.4 Å². The number of carboxylic acids is 1. The van der Waals surface area contributed by atoms with Crippen LogP contribution < -0.4 is 4.72 Å². The molecular weight excluding hydrogens is 384 g/mol. The minimum absolute atomic E-state index is 0.0372. The third kappa shape index (κ3) is 3.72. The van der Waals surface area contributed by atoms with E-state index < -0.39 is 16.0 Å². The van der Waals surface area contributed by atoms with E-state index in [1.165, 1.54) is 30.5 Å². The predicted octanol–water partition coefficient (Wildman–Crippen LogP) is 3.00. The lowest BCUT2D eigenvalue weighted by molar-refractivity contribution is 0.0696. The van der Waals surface area contributed by atoms with Gasteiger partial charge in [0.1, 0.15) is 10.7 Å². The van der Waals surface area contributed by atoms with Gasteiger partial charge in [-0.25, -0.2) is 18.2 Å². The molecule has 0 atom stereocenters. The highest BCUT2D eigenvalue weighted by Crippen LogP contribution is 2.25. The number of sulfonamides is 1. The molecule has 2 aromatic rings. The molecule has 9 heteroatoms. The average Bonchev–Trinajstić information content (AvgIpc) is 2.38. The molecule has 0 radical (unpaired) electrons. The summed E-state index contributed by atoms with van der Waals surface area (Å²) in [6, 6.07) is 6.54. The first kappa shape index (κ1) is 15.7. The van der Waals surface area contributed by atoms with Crippen molar-refractivity contribution in [2.45, 2.75) is 4.90 Å². The monoisotopic (exact) mass is 390 g/mol. The third-order valence-corrected chi connectivity index (χ3v) is 5.01. The Morgan fingerprint density at radius 3 is 2.62 bits per heavy atom. The number of rotatable bonds is 4. The Morgan fingerprint density at radius 2 is 2.00 bits per heavy atom. The van der Waals surface area contributed by atoms with E-state index in [2.05, 4.69) is 25.6 Å². The second-order valence-corrected chi connectivity index (χ2v) is 6.86. The van der Waals surface area contributed by atoms with Crippen LogP contribution in [0.4, 0.5) is 5.82 Å². The van der Waals surface area contributed by atoms with Gasteiger partial charge in [-0.05, 0) is 40.2 Å². The fourth-order valence-corrected chi connectivity index (χ4v) is 3.64. The number of nitrogens with zero attached hydrogens (tertiary/aromatic N) is 1. The van der Waals surface area contributed by atoms with Gasteiger partial charge in [0.15, 0.2) is 0 Å². The molecule has 0 aliphatic carbocycles. The third-order valence-electron chi connectivity index (χ3n) is 2.43. The summed E-state index contributed by atoms with van der Waals surface area (Å²) < 4.78 is 27.1. The maximum Gasteiger partial charge on any atom is 0.335 e. The van der Waals surface area contributed by atoms with E-state index in [9.17, 15) is 13.2 Å². The summed E-state index contributed by atoms with van der Waals surface area (Å²) in [5.41, 5.74) is -0.141. The number of benzene rings is 1. The standard InChI is InChI=1S/C12H8BrClN2O4S/c13-9-2-1-7(12(17)18)5-10(9)21(19,20)16-11-6-8(14)3-4-15-11/h1-6H,(H,15,16)(H,17,18). The first-order valence-corrected chi connectivity index (χ1v) is 8.12. The molecule has 0 bridgehead atoms. The number of nitrogens with one attached hydrogen (secondary N) is 1. The highest BCUT2D eigenvalue weighted by atomic mass is 79.9. The summed E-state index contributed by atoms with van der Waals surface area (Å²) in [7, 11) is -4.00. The van der Waals surface area contributed by atoms with Crippen LogP contribution in [-0.4, -0.2) is 24.5 Å². The first-order chi connectivity index (χ1) is 9.79. The maximum atomic E-state index is 12.3. The van der Waals surface area contributed by atoms with Gasteiger partial charge in [0, 0.05) is 21.8 Å². The first-order valence-electron chi connectivity index (χ1n) is 5.47. The van der Waals surface area contributed by atoms with Gasteiger partial charge in [0.05, 0.1) is 5.56 Å².